The number of hydrogen-bond acceptors (Lipinski definition) is 1. The fourth-order valence-electron chi connectivity index (χ4n) is 4.90. The fraction of sp³-hybridized carbons (Fsp3) is 0.148. The Bertz CT molecular complexity index is 1360. The van der Waals surface area contributed by atoms with Gasteiger partial charge in [0.2, 0.25) is 0 Å². The highest BCUT2D eigenvalue weighted by molar-refractivity contribution is 6.10. The SMILES string of the molecule is c1ccc2c(-c3ccc4c(ccc5c6c(ccc54)CCCC6)c3)nccc2c1. The Morgan fingerprint density at radius 2 is 1.46 bits per heavy atom. The van der Waals surface area contributed by atoms with E-state index in [1.165, 1.54) is 63.6 Å². The summed E-state index contributed by atoms with van der Waals surface area (Å²) in [5, 5.41) is 7.90. The van der Waals surface area contributed by atoms with Crippen LogP contribution in [0.4, 0.5) is 0 Å². The highest BCUT2D eigenvalue weighted by Gasteiger charge is 2.14. The van der Waals surface area contributed by atoms with Crippen LogP contribution in [0.2, 0.25) is 0 Å². The Hall–Kier alpha value is -3.19. The molecule has 0 radical (unpaired) electrons. The van der Waals surface area contributed by atoms with Crippen LogP contribution >= 0.6 is 0 Å². The second-order valence-corrected chi connectivity index (χ2v) is 7.89. The van der Waals surface area contributed by atoms with E-state index in [0.29, 0.717) is 0 Å². The zero-order chi connectivity index (χ0) is 18.5. The van der Waals surface area contributed by atoms with Gasteiger partial charge in [0.15, 0.2) is 0 Å². The van der Waals surface area contributed by atoms with Crippen LogP contribution in [-0.2, 0) is 12.8 Å². The molecule has 1 aliphatic carbocycles. The average Bonchev–Trinajstić information content (AvgIpc) is 2.78. The van der Waals surface area contributed by atoms with Crippen molar-refractivity contribution in [3.63, 3.8) is 0 Å². The second kappa shape index (κ2) is 6.17. The van der Waals surface area contributed by atoms with E-state index in [0.717, 1.165) is 5.69 Å². The van der Waals surface area contributed by atoms with E-state index >= 15 is 0 Å². The largest absolute Gasteiger partial charge is 0.256 e. The van der Waals surface area contributed by atoms with Crippen LogP contribution in [0, 0.1) is 0 Å². The number of fused-ring (bicyclic) bond motifs is 6. The summed E-state index contributed by atoms with van der Waals surface area (Å²) in [4.78, 5) is 4.70. The molecule has 1 aliphatic rings. The summed E-state index contributed by atoms with van der Waals surface area (Å²) in [6, 6.07) is 26.7. The minimum Gasteiger partial charge on any atom is -0.256 e. The molecule has 0 fully saturated rings. The third kappa shape index (κ3) is 2.36. The maximum Gasteiger partial charge on any atom is 0.0780 e. The zero-order valence-electron chi connectivity index (χ0n) is 15.8. The van der Waals surface area contributed by atoms with Crippen LogP contribution in [-0.4, -0.2) is 4.98 Å². The number of hydrogen-bond donors (Lipinski definition) is 0. The maximum absolute atomic E-state index is 4.70. The smallest absolute Gasteiger partial charge is 0.0780 e. The van der Waals surface area contributed by atoms with Crippen molar-refractivity contribution < 1.29 is 0 Å². The number of nitrogens with zero attached hydrogens (tertiary/aromatic N) is 1. The van der Waals surface area contributed by atoms with Crippen molar-refractivity contribution in [2.24, 2.45) is 0 Å². The lowest BCUT2D eigenvalue weighted by Crippen LogP contribution is -2.03. The van der Waals surface area contributed by atoms with Crippen LogP contribution in [0.3, 0.4) is 0 Å². The molecule has 0 saturated heterocycles. The van der Waals surface area contributed by atoms with Crippen molar-refractivity contribution in [1.82, 2.24) is 4.98 Å². The number of aryl methyl sites for hydroxylation is 2. The summed E-state index contributed by atoms with van der Waals surface area (Å²) < 4.78 is 0. The molecule has 134 valence electrons. The molecule has 0 atom stereocenters. The molecule has 1 aromatic heterocycles. The van der Waals surface area contributed by atoms with Gasteiger partial charge < -0.3 is 0 Å². The summed E-state index contributed by atoms with van der Waals surface area (Å²) in [5.41, 5.74) is 5.37. The van der Waals surface area contributed by atoms with E-state index in [4.69, 9.17) is 4.98 Å². The van der Waals surface area contributed by atoms with Crippen molar-refractivity contribution in [1.29, 1.82) is 0 Å². The van der Waals surface area contributed by atoms with E-state index in [2.05, 4.69) is 72.8 Å². The topological polar surface area (TPSA) is 12.9 Å². The molecule has 0 spiro atoms. The summed E-state index contributed by atoms with van der Waals surface area (Å²) in [7, 11) is 0. The summed E-state index contributed by atoms with van der Waals surface area (Å²) >= 11 is 0. The quantitative estimate of drug-likeness (QED) is 0.291. The second-order valence-electron chi connectivity index (χ2n) is 7.89. The van der Waals surface area contributed by atoms with Crippen LogP contribution in [0.5, 0.6) is 0 Å². The Balaban J connectivity index is 1.58. The van der Waals surface area contributed by atoms with Crippen molar-refractivity contribution in [2.45, 2.75) is 25.7 Å². The molecule has 6 rings (SSSR count). The summed E-state index contributed by atoms with van der Waals surface area (Å²) in [6.45, 7) is 0. The van der Waals surface area contributed by atoms with Gasteiger partial charge in [-0.2, -0.15) is 0 Å². The first-order valence-electron chi connectivity index (χ1n) is 10.2. The molecule has 28 heavy (non-hydrogen) atoms. The number of benzene rings is 4. The number of pyridine rings is 1. The summed E-state index contributed by atoms with van der Waals surface area (Å²) in [6.07, 6.45) is 7.00. The normalized spacial score (nSPS) is 13.9. The van der Waals surface area contributed by atoms with Gasteiger partial charge >= 0.3 is 0 Å². The Kier molecular flexibility index (Phi) is 3.49. The maximum atomic E-state index is 4.70. The van der Waals surface area contributed by atoms with E-state index in [1.807, 2.05) is 6.20 Å². The third-order valence-electron chi connectivity index (χ3n) is 6.30. The minimum absolute atomic E-state index is 1.06. The monoisotopic (exact) mass is 359 g/mol. The molecule has 0 unspecified atom stereocenters. The number of aromatic nitrogens is 1. The van der Waals surface area contributed by atoms with E-state index in [1.54, 1.807) is 11.1 Å². The predicted octanol–water partition coefficient (Wildman–Crippen LogP) is 7.09. The molecule has 4 aromatic carbocycles. The van der Waals surface area contributed by atoms with Gasteiger partial charge in [-0.05, 0) is 75.9 Å². The van der Waals surface area contributed by atoms with Crippen molar-refractivity contribution in [2.75, 3.05) is 0 Å². The van der Waals surface area contributed by atoms with Gasteiger partial charge in [-0.3, -0.25) is 4.98 Å². The molecule has 1 nitrogen and oxygen atoms in total. The van der Waals surface area contributed by atoms with Crippen LogP contribution in [0.25, 0.3) is 43.6 Å². The molecule has 0 N–H and O–H groups in total. The highest BCUT2D eigenvalue weighted by Crippen LogP contribution is 2.35. The zero-order valence-corrected chi connectivity index (χ0v) is 15.8. The predicted molar refractivity (Wildman–Crippen MR) is 119 cm³/mol. The highest BCUT2D eigenvalue weighted by atomic mass is 14.7. The lowest BCUT2D eigenvalue weighted by atomic mass is 9.86. The summed E-state index contributed by atoms with van der Waals surface area (Å²) in [5.74, 6) is 0. The van der Waals surface area contributed by atoms with Crippen LogP contribution in [0.1, 0.15) is 24.0 Å². The Morgan fingerprint density at radius 1 is 0.607 bits per heavy atom. The molecular weight excluding hydrogens is 338 g/mol. The molecule has 0 aliphatic heterocycles. The van der Waals surface area contributed by atoms with Crippen molar-refractivity contribution in [3.8, 4) is 11.3 Å². The third-order valence-corrected chi connectivity index (χ3v) is 6.30. The van der Waals surface area contributed by atoms with Gasteiger partial charge in [-0.25, -0.2) is 0 Å². The molecule has 0 saturated carbocycles. The lowest BCUT2D eigenvalue weighted by Gasteiger charge is -2.19. The average molecular weight is 359 g/mol. The molecule has 0 bridgehead atoms. The van der Waals surface area contributed by atoms with Gasteiger partial charge in [0, 0.05) is 17.1 Å². The van der Waals surface area contributed by atoms with Crippen LogP contribution < -0.4 is 0 Å². The molecule has 0 amide bonds. The lowest BCUT2D eigenvalue weighted by molar-refractivity contribution is 0.690. The van der Waals surface area contributed by atoms with Crippen LogP contribution in [0.15, 0.2) is 79.0 Å². The Morgan fingerprint density at radius 3 is 2.46 bits per heavy atom. The standard InChI is InChI=1S/C27H21N/c1-3-7-22-18(5-1)9-13-26-23-12-11-21(17-20(23)10-14-25(22)26)27-24-8-4-2-6-19(24)15-16-28-27/h2,4,6,8-17H,1,3,5,7H2. The first-order valence-corrected chi connectivity index (χ1v) is 10.2. The fourth-order valence-corrected chi connectivity index (χ4v) is 4.90. The van der Waals surface area contributed by atoms with Gasteiger partial charge in [0.25, 0.3) is 0 Å². The van der Waals surface area contributed by atoms with Gasteiger partial charge in [0.05, 0.1) is 5.69 Å². The molecule has 1 heteroatoms. The Labute approximate surface area is 164 Å². The minimum atomic E-state index is 1.06. The van der Waals surface area contributed by atoms with E-state index < -0.39 is 0 Å². The van der Waals surface area contributed by atoms with Gasteiger partial charge in [0.1, 0.15) is 0 Å². The number of rotatable bonds is 1. The van der Waals surface area contributed by atoms with Gasteiger partial charge in [-0.1, -0.05) is 60.7 Å². The van der Waals surface area contributed by atoms with Gasteiger partial charge in [-0.15, -0.1) is 0 Å². The molecule has 1 heterocycles. The molecule has 5 aromatic rings. The molecular formula is C27H21N. The first-order chi connectivity index (χ1) is 13.9. The van der Waals surface area contributed by atoms with Crippen molar-refractivity contribution >= 4 is 32.3 Å². The van der Waals surface area contributed by atoms with E-state index in [9.17, 15) is 0 Å². The first kappa shape index (κ1) is 15.8. The van der Waals surface area contributed by atoms with E-state index in [-0.39, 0.29) is 0 Å². The van der Waals surface area contributed by atoms with Crippen molar-refractivity contribution in [3.05, 3.63) is 90.1 Å².